The molecule has 0 aliphatic rings. The zero-order valence-corrected chi connectivity index (χ0v) is 12.7. The van der Waals surface area contributed by atoms with Crippen molar-refractivity contribution in [1.82, 2.24) is 0 Å². The molecule has 0 aliphatic heterocycles. The summed E-state index contributed by atoms with van der Waals surface area (Å²) >= 11 is 0. The van der Waals surface area contributed by atoms with Gasteiger partial charge in [0.2, 0.25) is 0 Å². The second-order valence-electron chi connectivity index (χ2n) is 5.00. The Hall–Kier alpha value is -2.07. The molecule has 0 amide bonds. The normalized spacial score (nSPS) is 12.1. The van der Waals surface area contributed by atoms with E-state index in [1.165, 1.54) is 13.2 Å². The van der Waals surface area contributed by atoms with E-state index >= 15 is 0 Å². The predicted octanol–water partition coefficient (Wildman–Crippen LogP) is 3.51. The molecule has 0 fully saturated rings. The SMILES string of the molecule is COc1cc(C(N)c2ccc(C)c(C)c2OC)ccc1F. The van der Waals surface area contributed by atoms with E-state index in [4.69, 9.17) is 15.2 Å². The molecule has 112 valence electrons. The van der Waals surface area contributed by atoms with E-state index in [1.54, 1.807) is 19.2 Å². The van der Waals surface area contributed by atoms with Crippen LogP contribution in [0.4, 0.5) is 4.39 Å². The molecule has 0 saturated carbocycles. The van der Waals surface area contributed by atoms with E-state index in [2.05, 4.69) is 0 Å². The van der Waals surface area contributed by atoms with Crippen molar-refractivity contribution in [2.75, 3.05) is 14.2 Å². The molecule has 0 aliphatic carbocycles. The Labute approximate surface area is 124 Å². The number of hydrogen-bond acceptors (Lipinski definition) is 3. The van der Waals surface area contributed by atoms with Gasteiger partial charge in [0, 0.05) is 5.56 Å². The molecule has 0 heterocycles. The first-order valence-electron chi connectivity index (χ1n) is 6.72. The Morgan fingerprint density at radius 2 is 1.76 bits per heavy atom. The van der Waals surface area contributed by atoms with Gasteiger partial charge in [0.15, 0.2) is 11.6 Å². The zero-order valence-electron chi connectivity index (χ0n) is 12.7. The summed E-state index contributed by atoms with van der Waals surface area (Å²) in [5.74, 6) is 0.553. The quantitative estimate of drug-likeness (QED) is 0.936. The molecule has 1 unspecified atom stereocenters. The Kier molecular flexibility index (Phi) is 4.48. The highest BCUT2D eigenvalue weighted by Crippen LogP contribution is 2.34. The van der Waals surface area contributed by atoms with E-state index in [0.29, 0.717) is 0 Å². The number of hydrogen-bond donors (Lipinski definition) is 1. The van der Waals surface area contributed by atoms with Crippen LogP contribution in [0.5, 0.6) is 11.5 Å². The maximum atomic E-state index is 13.5. The smallest absolute Gasteiger partial charge is 0.165 e. The van der Waals surface area contributed by atoms with Crippen LogP contribution in [-0.2, 0) is 0 Å². The highest BCUT2D eigenvalue weighted by atomic mass is 19.1. The van der Waals surface area contributed by atoms with E-state index in [1.807, 2.05) is 26.0 Å². The minimum atomic E-state index is -0.409. The van der Waals surface area contributed by atoms with E-state index in [9.17, 15) is 4.39 Å². The second-order valence-corrected chi connectivity index (χ2v) is 5.00. The Bertz CT molecular complexity index is 655. The van der Waals surface area contributed by atoms with Gasteiger partial charge in [0.25, 0.3) is 0 Å². The van der Waals surface area contributed by atoms with Crippen LogP contribution in [0.25, 0.3) is 0 Å². The van der Waals surface area contributed by atoms with Gasteiger partial charge < -0.3 is 15.2 Å². The monoisotopic (exact) mass is 289 g/mol. The van der Waals surface area contributed by atoms with Crippen molar-refractivity contribution < 1.29 is 13.9 Å². The largest absolute Gasteiger partial charge is 0.496 e. The molecule has 0 bridgehead atoms. The van der Waals surface area contributed by atoms with Crippen molar-refractivity contribution in [1.29, 1.82) is 0 Å². The van der Waals surface area contributed by atoms with Crippen molar-refractivity contribution in [3.63, 3.8) is 0 Å². The van der Waals surface area contributed by atoms with Crippen molar-refractivity contribution in [3.8, 4) is 11.5 Å². The number of benzene rings is 2. The number of aryl methyl sites for hydroxylation is 1. The second kappa shape index (κ2) is 6.14. The topological polar surface area (TPSA) is 44.5 Å². The highest BCUT2D eigenvalue weighted by Gasteiger charge is 2.18. The molecule has 21 heavy (non-hydrogen) atoms. The van der Waals surface area contributed by atoms with Crippen LogP contribution in [-0.4, -0.2) is 14.2 Å². The summed E-state index contributed by atoms with van der Waals surface area (Å²) in [6, 6.07) is 8.19. The van der Waals surface area contributed by atoms with Crippen LogP contribution < -0.4 is 15.2 Å². The van der Waals surface area contributed by atoms with Gasteiger partial charge in [-0.1, -0.05) is 18.2 Å². The molecule has 2 aromatic carbocycles. The van der Waals surface area contributed by atoms with Crippen LogP contribution in [0, 0.1) is 19.7 Å². The van der Waals surface area contributed by atoms with Crippen LogP contribution in [0.15, 0.2) is 30.3 Å². The number of nitrogens with two attached hydrogens (primary N) is 1. The third-order valence-electron chi connectivity index (χ3n) is 3.78. The summed E-state index contributed by atoms with van der Waals surface area (Å²) in [7, 11) is 3.06. The lowest BCUT2D eigenvalue weighted by molar-refractivity contribution is 0.385. The molecule has 2 N–H and O–H groups in total. The molecule has 0 radical (unpaired) electrons. The third-order valence-corrected chi connectivity index (χ3v) is 3.78. The van der Waals surface area contributed by atoms with Crippen LogP contribution in [0.3, 0.4) is 0 Å². The van der Waals surface area contributed by atoms with Crippen LogP contribution in [0.1, 0.15) is 28.3 Å². The highest BCUT2D eigenvalue weighted by molar-refractivity contribution is 5.50. The fourth-order valence-electron chi connectivity index (χ4n) is 2.38. The number of rotatable bonds is 4. The van der Waals surface area contributed by atoms with Crippen molar-refractivity contribution in [2.24, 2.45) is 5.73 Å². The van der Waals surface area contributed by atoms with Gasteiger partial charge in [-0.3, -0.25) is 0 Å². The molecule has 4 heteroatoms. The van der Waals surface area contributed by atoms with Crippen LogP contribution in [0.2, 0.25) is 0 Å². The van der Waals surface area contributed by atoms with E-state index in [-0.39, 0.29) is 5.75 Å². The summed E-state index contributed by atoms with van der Waals surface area (Å²) in [4.78, 5) is 0. The molecule has 0 spiro atoms. The summed E-state index contributed by atoms with van der Waals surface area (Å²) in [5.41, 5.74) is 10.2. The maximum Gasteiger partial charge on any atom is 0.165 e. The number of methoxy groups -OCH3 is 2. The van der Waals surface area contributed by atoms with Gasteiger partial charge >= 0.3 is 0 Å². The first kappa shape index (κ1) is 15.3. The minimum Gasteiger partial charge on any atom is -0.496 e. The average molecular weight is 289 g/mol. The number of halogens is 1. The minimum absolute atomic E-state index is 0.186. The van der Waals surface area contributed by atoms with Gasteiger partial charge in [0.1, 0.15) is 5.75 Å². The summed E-state index contributed by atoms with van der Waals surface area (Å²) in [6.07, 6.45) is 0. The Morgan fingerprint density at radius 1 is 1.05 bits per heavy atom. The van der Waals surface area contributed by atoms with Crippen molar-refractivity contribution in [2.45, 2.75) is 19.9 Å². The van der Waals surface area contributed by atoms with Gasteiger partial charge in [-0.15, -0.1) is 0 Å². The maximum absolute atomic E-state index is 13.5. The van der Waals surface area contributed by atoms with Gasteiger partial charge in [-0.2, -0.15) is 0 Å². The fraction of sp³-hybridized carbons (Fsp3) is 0.294. The Balaban J connectivity index is 2.49. The lowest BCUT2D eigenvalue weighted by Crippen LogP contribution is -2.14. The Morgan fingerprint density at radius 3 is 2.38 bits per heavy atom. The molecule has 0 saturated heterocycles. The van der Waals surface area contributed by atoms with Crippen molar-refractivity contribution >= 4 is 0 Å². The summed E-state index contributed by atoms with van der Waals surface area (Å²) < 4.78 is 24.0. The van der Waals surface area contributed by atoms with Crippen LogP contribution >= 0.6 is 0 Å². The first-order chi connectivity index (χ1) is 9.99. The first-order valence-corrected chi connectivity index (χ1v) is 6.72. The molecule has 2 rings (SSSR count). The molecular formula is C17H20FNO2. The molecule has 1 atom stereocenters. The van der Waals surface area contributed by atoms with Gasteiger partial charge in [0.05, 0.1) is 20.3 Å². The summed E-state index contributed by atoms with van der Waals surface area (Å²) in [6.45, 7) is 4.02. The lowest BCUT2D eigenvalue weighted by Gasteiger charge is -2.19. The molecule has 2 aromatic rings. The summed E-state index contributed by atoms with van der Waals surface area (Å²) in [5, 5.41) is 0. The average Bonchev–Trinajstić information content (AvgIpc) is 2.49. The van der Waals surface area contributed by atoms with E-state index < -0.39 is 11.9 Å². The fourth-order valence-corrected chi connectivity index (χ4v) is 2.38. The molecule has 0 aromatic heterocycles. The molecular weight excluding hydrogens is 269 g/mol. The molecule has 3 nitrogen and oxygen atoms in total. The van der Waals surface area contributed by atoms with Crippen molar-refractivity contribution in [3.05, 3.63) is 58.4 Å². The lowest BCUT2D eigenvalue weighted by atomic mass is 9.94. The third kappa shape index (κ3) is 2.85. The number of ether oxygens (including phenoxy) is 2. The standard InChI is InChI=1S/C17H20FNO2/c1-10-5-7-13(17(21-4)11(10)2)16(19)12-6-8-14(18)15(9-12)20-3/h5-9,16H,19H2,1-4H3. The van der Waals surface area contributed by atoms with Gasteiger partial charge in [-0.25, -0.2) is 4.39 Å². The van der Waals surface area contributed by atoms with Gasteiger partial charge in [-0.05, 0) is 42.7 Å². The predicted molar refractivity (Wildman–Crippen MR) is 81.5 cm³/mol. The zero-order chi connectivity index (χ0) is 15.6. The van der Waals surface area contributed by atoms with E-state index in [0.717, 1.165) is 28.0 Å².